The van der Waals surface area contributed by atoms with Crippen LogP contribution in [0, 0.1) is 6.92 Å². The fraction of sp³-hybridized carbons (Fsp3) is 0.500. The second-order valence-electron chi connectivity index (χ2n) is 7.52. The highest BCUT2D eigenvalue weighted by Crippen LogP contribution is 2.31. The molecule has 1 saturated carbocycles. The number of fused-ring (bicyclic) bond motifs is 1. The van der Waals surface area contributed by atoms with Crippen molar-refractivity contribution in [3.8, 4) is 0 Å². The monoisotopic (exact) mass is 422 g/mol. The molecular weight excluding hydrogens is 401 g/mol. The van der Waals surface area contributed by atoms with Gasteiger partial charge in [-0.2, -0.15) is 18.2 Å². The number of nitrogens with zero attached hydrogens (tertiary/aromatic N) is 5. The second kappa shape index (κ2) is 7.58. The van der Waals surface area contributed by atoms with Gasteiger partial charge in [0, 0.05) is 19.1 Å². The van der Waals surface area contributed by atoms with E-state index in [0.717, 1.165) is 31.7 Å². The van der Waals surface area contributed by atoms with Gasteiger partial charge in [0.2, 0.25) is 11.9 Å². The molecule has 1 aliphatic heterocycles. The van der Waals surface area contributed by atoms with Crippen LogP contribution in [0.1, 0.15) is 30.7 Å². The van der Waals surface area contributed by atoms with E-state index in [2.05, 4.69) is 35.9 Å². The number of likely N-dealkylation sites (N-methyl/N-ethyl adjacent to an activating group) is 1. The molecule has 1 fully saturated rings. The van der Waals surface area contributed by atoms with Crippen LogP contribution < -0.4 is 20.9 Å². The number of nitrogens with one attached hydrogen (secondary N) is 3. The predicted molar refractivity (Wildman–Crippen MR) is 104 cm³/mol. The highest BCUT2D eigenvalue weighted by atomic mass is 19.4. The van der Waals surface area contributed by atoms with Crippen LogP contribution in [-0.4, -0.2) is 51.5 Å². The predicted octanol–water partition coefficient (Wildman–Crippen LogP) is 2.43. The molecule has 0 radical (unpaired) electrons. The fourth-order valence-corrected chi connectivity index (χ4v) is 3.70. The Kier molecular flexibility index (Phi) is 5.08. The first-order valence-corrected chi connectivity index (χ1v) is 9.51. The van der Waals surface area contributed by atoms with Crippen molar-refractivity contribution in [2.24, 2.45) is 0 Å². The van der Waals surface area contributed by atoms with Gasteiger partial charge in [0.05, 0.1) is 24.6 Å². The van der Waals surface area contributed by atoms with Crippen molar-refractivity contribution >= 4 is 29.2 Å². The van der Waals surface area contributed by atoms with Gasteiger partial charge in [-0.1, -0.05) is 0 Å². The molecular formula is C18H21F3N8O. The lowest BCUT2D eigenvalue weighted by Crippen LogP contribution is -2.37. The molecule has 0 aromatic carbocycles. The van der Waals surface area contributed by atoms with E-state index in [-0.39, 0.29) is 24.5 Å². The van der Waals surface area contributed by atoms with Gasteiger partial charge in [0.1, 0.15) is 11.5 Å². The Morgan fingerprint density at radius 2 is 1.87 bits per heavy atom. The van der Waals surface area contributed by atoms with Gasteiger partial charge < -0.3 is 20.9 Å². The van der Waals surface area contributed by atoms with E-state index < -0.39 is 11.9 Å². The minimum atomic E-state index is -4.50. The summed E-state index contributed by atoms with van der Waals surface area (Å²) in [6, 6.07) is 0.153. The zero-order valence-corrected chi connectivity index (χ0v) is 16.4. The van der Waals surface area contributed by atoms with Gasteiger partial charge in [0.15, 0.2) is 11.5 Å². The molecule has 3 N–H and O–H groups in total. The standard InChI is InChI=1S/C18H21F3N8O/c1-9-15-16(29(2)8-14(30)27-15)28-17(24-9)26-11-4-3-10(5-11)25-13-7-22-12(6-23-13)18(19,20)21/h6-7,10-11H,3-5,8H2,1-2H3,(H,23,25)(H,27,30)(H,24,26,28)/t10-,11+/m0/s1. The number of rotatable bonds is 4. The number of halogens is 3. The van der Waals surface area contributed by atoms with E-state index in [1.165, 1.54) is 0 Å². The van der Waals surface area contributed by atoms with Crippen molar-refractivity contribution in [1.29, 1.82) is 0 Å². The van der Waals surface area contributed by atoms with Crippen LogP contribution in [0.5, 0.6) is 0 Å². The molecule has 2 aromatic heterocycles. The third-order valence-corrected chi connectivity index (χ3v) is 5.14. The maximum Gasteiger partial charge on any atom is 0.434 e. The molecule has 0 spiro atoms. The summed E-state index contributed by atoms with van der Waals surface area (Å²) in [5, 5.41) is 9.25. The second-order valence-corrected chi connectivity index (χ2v) is 7.52. The fourth-order valence-electron chi connectivity index (χ4n) is 3.70. The zero-order chi connectivity index (χ0) is 21.5. The number of carbonyl (C=O) groups excluding carboxylic acids is 1. The largest absolute Gasteiger partial charge is 0.434 e. The quantitative estimate of drug-likeness (QED) is 0.690. The summed E-state index contributed by atoms with van der Waals surface area (Å²) in [5.41, 5.74) is 0.279. The minimum Gasteiger partial charge on any atom is -0.366 e. The summed E-state index contributed by atoms with van der Waals surface area (Å²) in [6.45, 7) is 2.04. The van der Waals surface area contributed by atoms with Crippen LogP contribution in [0.2, 0.25) is 0 Å². The summed E-state index contributed by atoms with van der Waals surface area (Å²) in [4.78, 5) is 29.7. The maximum absolute atomic E-state index is 12.6. The van der Waals surface area contributed by atoms with Crippen molar-refractivity contribution in [3.05, 3.63) is 23.8 Å². The van der Waals surface area contributed by atoms with E-state index in [1.807, 2.05) is 6.92 Å². The van der Waals surface area contributed by atoms with Gasteiger partial charge in [-0.3, -0.25) is 4.79 Å². The van der Waals surface area contributed by atoms with Crippen LogP contribution in [0.25, 0.3) is 0 Å². The molecule has 160 valence electrons. The van der Waals surface area contributed by atoms with Crippen molar-refractivity contribution in [2.75, 3.05) is 34.4 Å². The van der Waals surface area contributed by atoms with Gasteiger partial charge in [-0.05, 0) is 26.2 Å². The van der Waals surface area contributed by atoms with E-state index in [0.29, 0.717) is 29.0 Å². The smallest absolute Gasteiger partial charge is 0.366 e. The highest BCUT2D eigenvalue weighted by molar-refractivity contribution is 6.00. The Balaban J connectivity index is 1.38. The summed E-state index contributed by atoms with van der Waals surface area (Å²) < 4.78 is 37.8. The molecule has 4 rings (SSSR count). The zero-order valence-electron chi connectivity index (χ0n) is 16.4. The highest BCUT2D eigenvalue weighted by Gasteiger charge is 2.33. The first-order chi connectivity index (χ1) is 14.2. The van der Waals surface area contributed by atoms with Crippen LogP contribution in [0.4, 0.5) is 36.4 Å². The Bertz CT molecular complexity index is 950. The average molecular weight is 422 g/mol. The number of amides is 1. The number of carbonyl (C=O) groups is 1. The molecule has 1 aliphatic carbocycles. The Hall–Kier alpha value is -3.18. The molecule has 0 saturated heterocycles. The van der Waals surface area contributed by atoms with Gasteiger partial charge in [0.25, 0.3) is 0 Å². The molecule has 9 nitrogen and oxygen atoms in total. The first-order valence-electron chi connectivity index (χ1n) is 9.51. The van der Waals surface area contributed by atoms with Gasteiger partial charge >= 0.3 is 6.18 Å². The van der Waals surface area contributed by atoms with Crippen LogP contribution in [0.3, 0.4) is 0 Å². The summed E-state index contributed by atoms with van der Waals surface area (Å²) in [6.07, 6.45) is -0.277. The van der Waals surface area contributed by atoms with Crippen LogP contribution in [-0.2, 0) is 11.0 Å². The maximum atomic E-state index is 12.6. The topological polar surface area (TPSA) is 108 Å². The molecule has 1 amide bonds. The molecule has 2 aliphatic rings. The van der Waals surface area contributed by atoms with Crippen LogP contribution in [0.15, 0.2) is 12.4 Å². The Labute approximate surface area is 170 Å². The van der Waals surface area contributed by atoms with Crippen molar-refractivity contribution in [2.45, 2.75) is 44.4 Å². The number of aryl methyl sites for hydroxylation is 1. The van der Waals surface area contributed by atoms with E-state index >= 15 is 0 Å². The Morgan fingerprint density at radius 3 is 2.53 bits per heavy atom. The lowest BCUT2D eigenvalue weighted by atomic mass is 10.2. The molecule has 2 aromatic rings. The van der Waals surface area contributed by atoms with Gasteiger partial charge in [-0.15, -0.1) is 0 Å². The van der Waals surface area contributed by atoms with E-state index in [4.69, 9.17) is 0 Å². The van der Waals surface area contributed by atoms with Crippen molar-refractivity contribution < 1.29 is 18.0 Å². The third-order valence-electron chi connectivity index (χ3n) is 5.14. The Morgan fingerprint density at radius 1 is 1.13 bits per heavy atom. The minimum absolute atomic E-state index is 0.0502. The van der Waals surface area contributed by atoms with Gasteiger partial charge in [-0.25, -0.2) is 15.0 Å². The number of anilines is 4. The lowest BCUT2D eigenvalue weighted by molar-refractivity contribution is -0.141. The van der Waals surface area contributed by atoms with Crippen molar-refractivity contribution in [1.82, 2.24) is 19.9 Å². The number of hydrogen-bond donors (Lipinski definition) is 3. The van der Waals surface area contributed by atoms with Crippen molar-refractivity contribution in [3.63, 3.8) is 0 Å². The molecule has 12 heteroatoms. The number of hydrogen-bond acceptors (Lipinski definition) is 8. The summed E-state index contributed by atoms with van der Waals surface area (Å²) in [5.74, 6) is 1.35. The van der Waals surface area contributed by atoms with Crippen LogP contribution >= 0.6 is 0 Å². The third kappa shape index (κ3) is 4.21. The summed E-state index contributed by atoms with van der Waals surface area (Å²) in [7, 11) is 1.80. The van der Waals surface area contributed by atoms with E-state index in [1.54, 1.807) is 11.9 Å². The molecule has 0 bridgehead atoms. The number of alkyl halides is 3. The van der Waals surface area contributed by atoms with E-state index in [9.17, 15) is 18.0 Å². The molecule has 30 heavy (non-hydrogen) atoms. The summed E-state index contributed by atoms with van der Waals surface area (Å²) >= 11 is 0. The first kappa shape index (κ1) is 20.1. The molecule has 0 unspecified atom stereocenters. The lowest BCUT2D eigenvalue weighted by Gasteiger charge is -2.27. The average Bonchev–Trinajstić information content (AvgIpc) is 3.09. The number of aromatic nitrogens is 4. The normalized spacial score (nSPS) is 21.2. The SMILES string of the molecule is Cc1nc(N[C@@H]2CC[C@H](Nc3cnc(C(F)(F)F)cn3)C2)nc2c1NC(=O)CN2C. The molecule has 3 heterocycles. The molecule has 2 atom stereocenters.